The summed E-state index contributed by atoms with van der Waals surface area (Å²) in [5.74, 6) is -0.487. The molecule has 0 saturated carbocycles. The van der Waals surface area contributed by atoms with Crippen molar-refractivity contribution in [2.24, 2.45) is 0 Å². The molecule has 0 spiro atoms. The van der Waals surface area contributed by atoms with E-state index in [1.807, 2.05) is 0 Å². The van der Waals surface area contributed by atoms with Gasteiger partial charge < -0.3 is 9.47 Å². The van der Waals surface area contributed by atoms with Crippen LogP contribution in [0.4, 0.5) is 0 Å². The Balaban J connectivity index is 2.10. The van der Waals surface area contributed by atoms with Crippen LogP contribution in [0.1, 0.15) is 90.9 Å². The fourth-order valence-electron chi connectivity index (χ4n) is 3.15. The van der Waals surface area contributed by atoms with Gasteiger partial charge in [0.1, 0.15) is 12.4 Å². The van der Waals surface area contributed by atoms with Gasteiger partial charge in [-0.3, -0.25) is 0 Å². The largest absolute Gasteiger partial charge is 0.463 e. The predicted octanol–water partition coefficient (Wildman–Crippen LogP) is 4.58. The second-order valence-electron chi connectivity index (χ2n) is 7.73. The van der Waals surface area contributed by atoms with E-state index in [0.29, 0.717) is 13.2 Å². The number of ether oxygens (including phenoxy) is 2. The molecular formula is C23H41N2O4+. The molecule has 0 aliphatic rings. The Labute approximate surface area is 176 Å². The fourth-order valence-corrected chi connectivity index (χ4v) is 3.15. The maximum atomic E-state index is 11.9. The molecule has 0 bridgehead atoms. The summed E-state index contributed by atoms with van der Waals surface area (Å²) < 4.78 is 14.0. The van der Waals surface area contributed by atoms with Crippen LogP contribution < -0.4 is 4.57 Å². The number of nitrogens with zero attached hydrogens (tertiary/aromatic N) is 2. The van der Waals surface area contributed by atoms with Crippen molar-refractivity contribution in [1.82, 2.24) is 4.57 Å². The number of esters is 2. The summed E-state index contributed by atoms with van der Waals surface area (Å²) in [7, 11) is 0. The highest BCUT2D eigenvalue weighted by Gasteiger charge is 2.13. The van der Waals surface area contributed by atoms with Crippen molar-refractivity contribution in [1.29, 1.82) is 0 Å². The molecule has 0 atom stereocenters. The van der Waals surface area contributed by atoms with Crippen LogP contribution in [0.25, 0.3) is 0 Å². The Morgan fingerprint density at radius 3 is 1.86 bits per heavy atom. The molecule has 0 aliphatic carbocycles. The summed E-state index contributed by atoms with van der Waals surface area (Å²) in [6.07, 6.45) is 19.3. The van der Waals surface area contributed by atoms with Crippen LogP contribution >= 0.6 is 0 Å². The fraction of sp³-hybridized carbons (Fsp3) is 0.783. The van der Waals surface area contributed by atoms with Gasteiger partial charge in [0, 0.05) is 0 Å². The number of imidazole rings is 1. The third-order valence-corrected chi connectivity index (χ3v) is 4.89. The Morgan fingerprint density at radius 1 is 0.759 bits per heavy atom. The van der Waals surface area contributed by atoms with Gasteiger partial charge in [0.05, 0.1) is 13.2 Å². The Morgan fingerprint density at radius 2 is 1.28 bits per heavy atom. The van der Waals surface area contributed by atoms with Gasteiger partial charge in [-0.1, -0.05) is 78.1 Å². The molecule has 0 radical (unpaired) electrons. The third-order valence-electron chi connectivity index (χ3n) is 4.89. The molecule has 0 N–H and O–H groups in total. The first kappa shape index (κ1) is 25.2. The molecular weight excluding hydrogens is 368 g/mol. The third kappa shape index (κ3) is 13.9. The zero-order valence-corrected chi connectivity index (χ0v) is 18.6. The minimum atomic E-state index is -0.244. The number of hydrogen-bond acceptors (Lipinski definition) is 4. The lowest BCUT2D eigenvalue weighted by atomic mass is 10.1. The molecule has 0 saturated heterocycles. The quantitative estimate of drug-likeness (QED) is 0.202. The van der Waals surface area contributed by atoms with Crippen LogP contribution in [0.2, 0.25) is 0 Å². The molecule has 6 heteroatoms. The molecule has 1 aromatic heterocycles. The zero-order chi connectivity index (χ0) is 21.2. The van der Waals surface area contributed by atoms with Crippen LogP contribution in [-0.4, -0.2) is 29.7 Å². The number of hydrogen-bond donors (Lipinski definition) is 0. The molecule has 1 rings (SSSR count). The lowest BCUT2D eigenvalue weighted by molar-refractivity contribution is -0.685. The summed E-state index contributed by atoms with van der Waals surface area (Å²) in [5, 5.41) is 0. The first-order valence-electron chi connectivity index (χ1n) is 11.5. The van der Waals surface area contributed by atoms with Gasteiger partial charge in [-0.15, -0.1) is 0 Å². The average Bonchev–Trinajstić information content (AvgIpc) is 3.13. The molecule has 1 heterocycles. The van der Waals surface area contributed by atoms with Crippen LogP contribution in [0, 0.1) is 0 Å². The molecule has 0 aliphatic heterocycles. The van der Waals surface area contributed by atoms with Crippen LogP contribution in [0.15, 0.2) is 18.7 Å². The van der Waals surface area contributed by atoms with Crippen molar-refractivity contribution in [3.05, 3.63) is 18.7 Å². The first-order valence-corrected chi connectivity index (χ1v) is 11.5. The van der Waals surface area contributed by atoms with E-state index in [-0.39, 0.29) is 25.0 Å². The number of carbonyl (C=O) groups is 2. The normalized spacial score (nSPS) is 10.8. The lowest BCUT2D eigenvalue weighted by Gasteiger charge is -2.04. The lowest BCUT2D eigenvalue weighted by Crippen LogP contribution is -2.37. The monoisotopic (exact) mass is 409 g/mol. The van der Waals surface area contributed by atoms with Crippen molar-refractivity contribution in [2.75, 3.05) is 13.2 Å². The maximum absolute atomic E-state index is 11.9. The van der Waals surface area contributed by atoms with E-state index in [1.54, 1.807) is 27.9 Å². The number of unbranched alkanes of at least 4 members (excludes halogenated alkanes) is 10. The highest BCUT2D eigenvalue weighted by molar-refractivity contribution is 5.69. The summed E-state index contributed by atoms with van der Waals surface area (Å²) >= 11 is 0. The van der Waals surface area contributed by atoms with E-state index >= 15 is 0 Å². The van der Waals surface area contributed by atoms with Gasteiger partial charge >= 0.3 is 11.9 Å². The van der Waals surface area contributed by atoms with Crippen LogP contribution in [0.5, 0.6) is 0 Å². The predicted molar refractivity (Wildman–Crippen MR) is 113 cm³/mol. The average molecular weight is 410 g/mol. The van der Waals surface area contributed by atoms with Gasteiger partial charge in [-0.25, -0.2) is 18.7 Å². The Bertz CT molecular complexity index is 510. The smallest absolute Gasteiger partial charge is 0.348 e. The molecule has 1 aromatic rings. The van der Waals surface area contributed by atoms with Crippen molar-refractivity contribution in [3.63, 3.8) is 0 Å². The van der Waals surface area contributed by atoms with Gasteiger partial charge in [0.25, 0.3) is 0 Å². The van der Waals surface area contributed by atoms with E-state index in [1.165, 1.54) is 51.4 Å². The van der Waals surface area contributed by atoms with Crippen LogP contribution in [0.3, 0.4) is 0 Å². The summed E-state index contributed by atoms with van der Waals surface area (Å²) in [6, 6.07) is 0. The van der Waals surface area contributed by atoms with E-state index < -0.39 is 0 Å². The zero-order valence-electron chi connectivity index (χ0n) is 18.6. The maximum Gasteiger partial charge on any atom is 0.348 e. The van der Waals surface area contributed by atoms with Gasteiger partial charge in [0.2, 0.25) is 6.33 Å². The number of carbonyl (C=O) groups excluding carboxylic acids is 2. The molecule has 6 nitrogen and oxygen atoms in total. The second kappa shape index (κ2) is 17.0. The van der Waals surface area contributed by atoms with Gasteiger partial charge in [0.15, 0.2) is 13.1 Å². The van der Waals surface area contributed by atoms with Crippen LogP contribution in [-0.2, 0) is 32.2 Å². The molecule has 0 amide bonds. The standard InChI is InChI=1S/C23H41N2O4/c1-3-5-7-9-11-13-17-28-22(26)19-24-15-16-25(21-24)20-23(27)29-18-14-12-10-8-6-4-2/h15-16,21H,3-14,17-20H2,1-2H3/q+1. The molecule has 0 aromatic carbocycles. The Hall–Kier alpha value is -1.85. The molecule has 0 fully saturated rings. The Kier molecular flexibility index (Phi) is 14.8. The summed E-state index contributed by atoms with van der Waals surface area (Å²) in [5.41, 5.74) is 0. The van der Waals surface area contributed by atoms with E-state index in [0.717, 1.165) is 25.7 Å². The molecule has 29 heavy (non-hydrogen) atoms. The highest BCUT2D eigenvalue weighted by Crippen LogP contribution is 2.06. The molecule has 166 valence electrons. The molecule has 0 unspecified atom stereocenters. The van der Waals surface area contributed by atoms with Gasteiger partial charge in [-0.2, -0.15) is 0 Å². The minimum absolute atomic E-state index is 0.162. The van der Waals surface area contributed by atoms with Crippen molar-refractivity contribution < 1.29 is 23.6 Å². The van der Waals surface area contributed by atoms with Gasteiger partial charge in [-0.05, 0) is 12.8 Å². The first-order chi connectivity index (χ1) is 14.2. The van der Waals surface area contributed by atoms with Crippen molar-refractivity contribution in [3.8, 4) is 0 Å². The topological polar surface area (TPSA) is 61.4 Å². The van der Waals surface area contributed by atoms with E-state index in [4.69, 9.17) is 9.47 Å². The summed E-state index contributed by atoms with van der Waals surface area (Å²) in [6.45, 7) is 5.69. The summed E-state index contributed by atoms with van der Waals surface area (Å²) in [4.78, 5) is 23.8. The SMILES string of the molecule is CCCCCCCCOC(=O)Cn1cc[n+](CC(=O)OCCCCCCCC)c1. The number of aromatic nitrogens is 2. The number of rotatable bonds is 18. The van der Waals surface area contributed by atoms with E-state index in [2.05, 4.69) is 13.8 Å². The van der Waals surface area contributed by atoms with Crippen molar-refractivity contribution in [2.45, 2.75) is 104 Å². The minimum Gasteiger partial charge on any atom is -0.463 e. The highest BCUT2D eigenvalue weighted by atomic mass is 16.5. The van der Waals surface area contributed by atoms with E-state index in [9.17, 15) is 9.59 Å². The van der Waals surface area contributed by atoms with Crippen molar-refractivity contribution >= 4 is 11.9 Å². The second-order valence-corrected chi connectivity index (χ2v) is 7.73.